The topological polar surface area (TPSA) is 15.3 Å². The zero-order chi connectivity index (χ0) is 10.5. The second-order valence-corrected chi connectivity index (χ2v) is 5.22. The van der Waals surface area contributed by atoms with E-state index in [9.17, 15) is 0 Å². The summed E-state index contributed by atoms with van der Waals surface area (Å²) in [6.45, 7) is 6.99. The highest BCUT2D eigenvalue weighted by atomic mass is 32.1. The van der Waals surface area contributed by atoms with Gasteiger partial charge in [0.1, 0.15) is 0 Å². The molecule has 1 atom stereocenters. The van der Waals surface area contributed by atoms with Crippen LogP contribution in [0.5, 0.6) is 0 Å². The number of hydrogen-bond donors (Lipinski definition) is 1. The summed E-state index contributed by atoms with van der Waals surface area (Å²) in [6.07, 6.45) is 2.68. The average Bonchev–Trinajstić information content (AvgIpc) is 2.79. The zero-order valence-electron chi connectivity index (χ0n) is 9.41. The number of nitrogens with one attached hydrogen (secondary N) is 1. The second-order valence-electron chi connectivity index (χ2n) is 4.19. The first-order chi connectivity index (χ1) is 7.38. The van der Waals surface area contributed by atoms with Gasteiger partial charge in [0.25, 0.3) is 0 Å². The molecule has 15 heavy (non-hydrogen) atoms. The highest BCUT2D eigenvalue weighted by molar-refractivity contribution is 7.09. The minimum Gasteiger partial charge on any atom is -0.308 e. The molecule has 0 aromatic carbocycles. The Morgan fingerprint density at radius 1 is 1.60 bits per heavy atom. The van der Waals surface area contributed by atoms with Crippen LogP contribution in [0.3, 0.4) is 0 Å². The molecule has 1 aliphatic heterocycles. The molecule has 0 aliphatic carbocycles. The third-order valence-electron chi connectivity index (χ3n) is 3.10. The Balaban J connectivity index is 1.74. The van der Waals surface area contributed by atoms with Crippen molar-refractivity contribution in [3.63, 3.8) is 0 Å². The molecule has 1 fully saturated rings. The normalized spacial score (nSPS) is 23.1. The maximum absolute atomic E-state index is 3.66. The maximum Gasteiger partial charge on any atom is 0.0302 e. The van der Waals surface area contributed by atoms with Gasteiger partial charge < -0.3 is 10.2 Å². The Bertz CT molecular complexity index is 271. The van der Waals surface area contributed by atoms with Crippen LogP contribution in [0.25, 0.3) is 0 Å². The van der Waals surface area contributed by atoms with Crippen LogP contribution in [0.4, 0.5) is 0 Å². The third-order valence-corrected chi connectivity index (χ3v) is 3.97. The molecule has 1 aromatic rings. The smallest absolute Gasteiger partial charge is 0.0302 e. The lowest BCUT2D eigenvalue weighted by Gasteiger charge is -2.32. The van der Waals surface area contributed by atoms with Crippen molar-refractivity contribution in [2.24, 2.45) is 0 Å². The van der Waals surface area contributed by atoms with Gasteiger partial charge >= 0.3 is 0 Å². The Morgan fingerprint density at radius 3 is 3.27 bits per heavy atom. The number of likely N-dealkylation sites (N-methyl/N-ethyl adjacent to an activating group) is 1. The summed E-state index contributed by atoms with van der Waals surface area (Å²) in [6, 6.07) is 5.03. The predicted molar refractivity (Wildman–Crippen MR) is 66.3 cm³/mol. The van der Waals surface area contributed by atoms with E-state index in [2.05, 4.69) is 34.7 Å². The molecule has 1 aromatic heterocycles. The standard InChI is InChI=1S/C12H20N2S/c1-2-14-7-3-5-11(10-14)13-9-12-6-4-8-15-12/h4,6,8,11,13H,2-3,5,7,9-10H2,1H3. The van der Waals surface area contributed by atoms with E-state index in [4.69, 9.17) is 0 Å². The first-order valence-corrected chi connectivity index (χ1v) is 6.74. The van der Waals surface area contributed by atoms with Gasteiger partial charge in [-0.3, -0.25) is 0 Å². The summed E-state index contributed by atoms with van der Waals surface area (Å²) < 4.78 is 0. The number of nitrogens with zero attached hydrogens (tertiary/aromatic N) is 1. The molecule has 1 unspecified atom stereocenters. The SMILES string of the molecule is CCN1CCCC(NCc2cccs2)C1. The summed E-state index contributed by atoms with van der Waals surface area (Å²) in [7, 11) is 0. The number of thiophene rings is 1. The first-order valence-electron chi connectivity index (χ1n) is 5.86. The number of rotatable bonds is 4. The fraction of sp³-hybridized carbons (Fsp3) is 0.667. The van der Waals surface area contributed by atoms with Gasteiger partial charge in [-0.2, -0.15) is 0 Å². The molecule has 1 aliphatic rings. The molecule has 0 bridgehead atoms. The molecule has 0 amide bonds. The van der Waals surface area contributed by atoms with Crippen LogP contribution in [-0.2, 0) is 6.54 Å². The van der Waals surface area contributed by atoms with Crippen molar-refractivity contribution >= 4 is 11.3 Å². The summed E-state index contributed by atoms with van der Waals surface area (Å²) in [5, 5.41) is 5.81. The quantitative estimate of drug-likeness (QED) is 0.844. The lowest BCUT2D eigenvalue weighted by Crippen LogP contribution is -2.45. The van der Waals surface area contributed by atoms with E-state index >= 15 is 0 Å². The van der Waals surface area contributed by atoms with Crippen molar-refractivity contribution in [3.05, 3.63) is 22.4 Å². The van der Waals surface area contributed by atoms with Crippen molar-refractivity contribution in [1.29, 1.82) is 0 Å². The van der Waals surface area contributed by atoms with E-state index in [1.54, 1.807) is 0 Å². The highest BCUT2D eigenvalue weighted by Crippen LogP contribution is 2.12. The van der Waals surface area contributed by atoms with E-state index < -0.39 is 0 Å². The summed E-state index contributed by atoms with van der Waals surface area (Å²) in [4.78, 5) is 3.99. The van der Waals surface area contributed by atoms with Crippen molar-refractivity contribution in [1.82, 2.24) is 10.2 Å². The van der Waals surface area contributed by atoms with Crippen LogP contribution < -0.4 is 5.32 Å². The number of piperidine rings is 1. The number of hydrogen-bond acceptors (Lipinski definition) is 3. The molecule has 0 saturated carbocycles. The van der Waals surface area contributed by atoms with Crippen LogP contribution in [0.1, 0.15) is 24.6 Å². The zero-order valence-corrected chi connectivity index (χ0v) is 10.2. The lowest BCUT2D eigenvalue weighted by molar-refractivity contribution is 0.198. The molecule has 2 heterocycles. The molecule has 0 radical (unpaired) electrons. The van der Waals surface area contributed by atoms with Gasteiger partial charge in [0.05, 0.1) is 0 Å². The molecule has 0 spiro atoms. The molecule has 84 valence electrons. The Morgan fingerprint density at radius 2 is 2.53 bits per heavy atom. The van der Waals surface area contributed by atoms with E-state index in [1.165, 1.54) is 37.4 Å². The summed E-state index contributed by atoms with van der Waals surface area (Å²) in [5.41, 5.74) is 0. The van der Waals surface area contributed by atoms with E-state index in [0.717, 1.165) is 6.54 Å². The largest absolute Gasteiger partial charge is 0.308 e. The van der Waals surface area contributed by atoms with Gasteiger partial charge in [-0.05, 0) is 37.4 Å². The van der Waals surface area contributed by atoms with Crippen LogP contribution >= 0.6 is 11.3 Å². The fourth-order valence-electron chi connectivity index (χ4n) is 2.17. The van der Waals surface area contributed by atoms with Crippen molar-refractivity contribution in [3.8, 4) is 0 Å². The monoisotopic (exact) mass is 224 g/mol. The minimum absolute atomic E-state index is 0.695. The predicted octanol–water partition coefficient (Wildman–Crippen LogP) is 2.32. The molecular formula is C12H20N2S. The fourth-order valence-corrected chi connectivity index (χ4v) is 2.82. The molecule has 3 heteroatoms. The van der Waals surface area contributed by atoms with Gasteiger partial charge in [0, 0.05) is 24.0 Å². The van der Waals surface area contributed by atoms with Crippen molar-refractivity contribution in [2.75, 3.05) is 19.6 Å². The molecular weight excluding hydrogens is 204 g/mol. The third kappa shape index (κ3) is 3.30. The van der Waals surface area contributed by atoms with E-state index in [1.807, 2.05) is 11.3 Å². The maximum atomic E-state index is 3.66. The van der Waals surface area contributed by atoms with Gasteiger partial charge in [0.2, 0.25) is 0 Å². The van der Waals surface area contributed by atoms with Crippen LogP contribution in [0.2, 0.25) is 0 Å². The average molecular weight is 224 g/mol. The Kier molecular flexibility index (Phi) is 4.18. The van der Waals surface area contributed by atoms with Gasteiger partial charge in [-0.25, -0.2) is 0 Å². The molecule has 1 N–H and O–H groups in total. The second kappa shape index (κ2) is 5.64. The van der Waals surface area contributed by atoms with Gasteiger partial charge in [-0.15, -0.1) is 11.3 Å². The number of likely N-dealkylation sites (tertiary alicyclic amines) is 1. The molecule has 2 nitrogen and oxygen atoms in total. The minimum atomic E-state index is 0.695. The van der Waals surface area contributed by atoms with E-state index in [0.29, 0.717) is 6.04 Å². The van der Waals surface area contributed by atoms with Gasteiger partial charge in [0.15, 0.2) is 0 Å². The van der Waals surface area contributed by atoms with Crippen LogP contribution in [0, 0.1) is 0 Å². The molecule has 1 saturated heterocycles. The van der Waals surface area contributed by atoms with Crippen molar-refractivity contribution < 1.29 is 0 Å². The summed E-state index contributed by atoms with van der Waals surface area (Å²) in [5.74, 6) is 0. The van der Waals surface area contributed by atoms with E-state index in [-0.39, 0.29) is 0 Å². The molecule has 2 rings (SSSR count). The first kappa shape index (κ1) is 11.1. The summed E-state index contributed by atoms with van der Waals surface area (Å²) >= 11 is 1.84. The lowest BCUT2D eigenvalue weighted by atomic mass is 10.1. The van der Waals surface area contributed by atoms with Crippen LogP contribution in [-0.4, -0.2) is 30.6 Å². The highest BCUT2D eigenvalue weighted by Gasteiger charge is 2.17. The van der Waals surface area contributed by atoms with Crippen molar-refractivity contribution in [2.45, 2.75) is 32.4 Å². The van der Waals surface area contributed by atoms with Gasteiger partial charge in [-0.1, -0.05) is 13.0 Å². The Labute approximate surface area is 96.3 Å². The Hall–Kier alpha value is -0.380. The van der Waals surface area contributed by atoms with Crippen LogP contribution in [0.15, 0.2) is 17.5 Å².